The predicted molar refractivity (Wildman–Crippen MR) is 121 cm³/mol. The average molecular weight is 418 g/mol. The van der Waals surface area contributed by atoms with E-state index in [-0.39, 0.29) is 0 Å². The van der Waals surface area contributed by atoms with Crippen molar-refractivity contribution in [3.05, 3.63) is 53.2 Å². The number of nitrogens with one attached hydrogen (secondary N) is 2. The number of aromatic nitrogens is 1. The smallest absolute Gasteiger partial charge is 0.149 e. The summed E-state index contributed by atoms with van der Waals surface area (Å²) < 4.78 is 10.9. The van der Waals surface area contributed by atoms with Crippen molar-refractivity contribution in [2.24, 2.45) is 4.99 Å². The first-order valence-corrected chi connectivity index (χ1v) is 10.6. The minimum absolute atomic E-state index is 0.578. The van der Waals surface area contributed by atoms with Crippen LogP contribution in [0, 0.1) is 0 Å². The van der Waals surface area contributed by atoms with Crippen molar-refractivity contribution in [2.75, 3.05) is 32.6 Å². The number of amidine groups is 1. The molecule has 2 aliphatic heterocycles. The Balaban J connectivity index is 1.48. The van der Waals surface area contributed by atoms with Crippen LogP contribution in [0.15, 0.2) is 41.4 Å². The van der Waals surface area contributed by atoms with Gasteiger partial charge in [0.05, 0.1) is 19.9 Å². The van der Waals surface area contributed by atoms with Crippen molar-refractivity contribution in [2.45, 2.75) is 25.4 Å². The number of H-pyrrole nitrogens is 1. The van der Waals surface area contributed by atoms with E-state index in [9.17, 15) is 4.79 Å². The van der Waals surface area contributed by atoms with Crippen molar-refractivity contribution in [1.29, 1.82) is 0 Å². The van der Waals surface area contributed by atoms with Gasteiger partial charge >= 0.3 is 0 Å². The summed E-state index contributed by atoms with van der Waals surface area (Å²) in [7, 11) is 3.19. The summed E-state index contributed by atoms with van der Waals surface area (Å²) in [5.41, 5.74) is 4.74. The number of benzene rings is 2. The fourth-order valence-corrected chi connectivity index (χ4v) is 4.51. The topological polar surface area (TPSA) is 79.0 Å². The third-order valence-corrected chi connectivity index (χ3v) is 6.06. The number of ether oxygens (including phenoxy) is 2. The molecule has 3 aromatic rings. The molecule has 1 aromatic heterocycles. The van der Waals surface area contributed by atoms with Crippen LogP contribution < -0.4 is 14.8 Å². The molecule has 1 saturated heterocycles. The Morgan fingerprint density at radius 1 is 1.13 bits per heavy atom. The number of carbonyl (C=O) groups is 1. The maximum Gasteiger partial charge on any atom is 0.149 e. The number of hydrogen-bond acceptors (Lipinski definition) is 6. The Bertz CT molecular complexity index is 1160. The normalized spacial score (nSPS) is 18.4. The Labute approximate surface area is 181 Å². The Kier molecular flexibility index (Phi) is 5.11. The van der Waals surface area contributed by atoms with Gasteiger partial charge in [-0.05, 0) is 50.2 Å². The molecule has 1 unspecified atom stereocenters. The lowest BCUT2D eigenvalue weighted by Crippen LogP contribution is -2.22. The van der Waals surface area contributed by atoms with E-state index in [1.807, 2.05) is 12.1 Å². The Morgan fingerprint density at radius 3 is 2.71 bits per heavy atom. The summed E-state index contributed by atoms with van der Waals surface area (Å²) in [6.07, 6.45) is 3.41. The molecule has 0 aliphatic carbocycles. The number of nitrogens with zero attached hydrogens (tertiary/aromatic N) is 2. The molecule has 0 amide bonds. The number of hydrogen-bond donors (Lipinski definition) is 2. The van der Waals surface area contributed by atoms with Gasteiger partial charge in [-0.2, -0.15) is 0 Å². The number of likely N-dealkylation sites (tertiary alicyclic amines) is 1. The van der Waals surface area contributed by atoms with Crippen LogP contribution in [-0.2, 0) is 11.3 Å². The zero-order chi connectivity index (χ0) is 21.4. The van der Waals surface area contributed by atoms with Crippen molar-refractivity contribution >= 4 is 28.7 Å². The number of aromatic amines is 1. The predicted octanol–water partition coefficient (Wildman–Crippen LogP) is 3.89. The summed E-state index contributed by atoms with van der Waals surface area (Å²) >= 11 is 0. The second kappa shape index (κ2) is 8.07. The van der Waals surface area contributed by atoms with Gasteiger partial charge in [0.1, 0.15) is 29.7 Å². The molecule has 1 atom stereocenters. The summed E-state index contributed by atoms with van der Waals surface area (Å²) in [6.45, 7) is 3.28. The number of anilines is 1. The highest BCUT2D eigenvalue weighted by atomic mass is 16.5. The van der Waals surface area contributed by atoms with E-state index >= 15 is 0 Å². The molecule has 5 rings (SSSR count). The summed E-state index contributed by atoms with van der Waals surface area (Å²) in [5, 5.41) is 4.50. The largest absolute Gasteiger partial charge is 0.497 e. The Morgan fingerprint density at radius 2 is 1.97 bits per heavy atom. The molecule has 160 valence electrons. The highest BCUT2D eigenvalue weighted by Gasteiger charge is 2.27. The van der Waals surface area contributed by atoms with Gasteiger partial charge in [0, 0.05) is 46.4 Å². The molecule has 31 heavy (non-hydrogen) atoms. The minimum atomic E-state index is -0.639. The fraction of sp³-hybridized carbons (Fsp3) is 0.333. The third kappa shape index (κ3) is 3.65. The maximum absolute atomic E-state index is 11.9. The molecule has 3 heterocycles. The average Bonchev–Trinajstić information content (AvgIpc) is 3.46. The third-order valence-electron chi connectivity index (χ3n) is 6.06. The van der Waals surface area contributed by atoms with Crippen LogP contribution in [0.5, 0.6) is 11.5 Å². The maximum atomic E-state index is 11.9. The first-order valence-electron chi connectivity index (χ1n) is 10.6. The molecule has 2 aromatic carbocycles. The summed E-state index contributed by atoms with van der Waals surface area (Å²) in [5.74, 6) is 1.89. The van der Waals surface area contributed by atoms with Gasteiger partial charge in [0.15, 0.2) is 0 Å². The molecule has 1 fully saturated rings. The lowest BCUT2D eigenvalue weighted by molar-refractivity contribution is -0.108. The van der Waals surface area contributed by atoms with E-state index < -0.39 is 6.04 Å². The van der Waals surface area contributed by atoms with Crippen LogP contribution in [0.1, 0.15) is 35.7 Å². The first-order chi connectivity index (χ1) is 15.2. The minimum Gasteiger partial charge on any atom is -0.497 e. The van der Waals surface area contributed by atoms with Crippen molar-refractivity contribution in [3.63, 3.8) is 0 Å². The van der Waals surface area contributed by atoms with Crippen LogP contribution in [0.2, 0.25) is 0 Å². The summed E-state index contributed by atoms with van der Waals surface area (Å²) in [4.78, 5) is 22.5. The highest BCUT2D eigenvalue weighted by molar-refractivity contribution is 6.12. The van der Waals surface area contributed by atoms with Gasteiger partial charge in [0.2, 0.25) is 0 Å². The number of aldehydes is 1. The number of rotatable bonds is 6. The monoisotopic (exact) mass is 418 g/mol. The fourth-order valence-electron chi connectivity index (χ4n) is 4.51. The molecular formula is C24H26N4O3. The van der Waals surface area contributed by atoms with E-state index in [2.05, 4.69) is 38.4 Å². The van der Waals surface area contributed by atoms with E-state index in [4.69, 9.17) is 9.47 Å². The number of fused-ring (bicyclic) bond motifs is 2. The van der Waals surface area contributed by atoms with Crippen LogP contribution in [0.4, 0.5) is 5.69 Å². The quantitative estimate of drug-likeness (QED) is 0.594. The second-order valence-electron chi connectivity index (χ2n) is 8.05. The van der Waals surface area contributed by atoms with Crippen LogP contribution in [-0.4, -0.2) is 49.3 Å². The van der Waals surface area contributed by atoms with Gasteiger partial charge in [0.25, 0.3) is 0 Å². The van der Waals surface area contributed by atoms with Crippen LogP contribution in [0.3, 0.4) is 0 Å². The zero-order valence-electron chi connectivity index (χ0n) is 17.8. The summed E-state index contributed by atoms with van der Waals surface area (Å²) in [6, 6.07) is 11.4. The SMILES string of the molecule is COc1cc2c(c(OC)c1)C(C=O)N=C(c1ccc3[nH]c(CN4CCCC4)cc3c1)N2. The van der Waals surface area contributed by atoms with Crippen LogP contribution >= 0.6 is 0 Å². The van der Waals surface area contributed by atoms with E-state index in [1.54, 1.807) is 20.3 Å². The molecular weight excluding hydrogens is 392 g/mol. The van der Waals surface area contributed by atoms with Gasteiger partial charge in [-0.15, -0.1) is 0 Å². The van der Waals surface area contributed by atoms with E-state index in [0.29, 0.717) is 17.3 Å². The lowest BCUT2D eigenvalue weighted by Gasteiger charge is -2.25. The zero-order valence-corrected chi connectivity index (χ0v) is 17.8. The van der Waals surface area contributed by atoms with Crippen molar-refractivity contribution < 1.29 is 14.3 Å². The molecule has 0 bridgehead atoms. The Hall–Kier alpha value is -3.32. The molecule has 7 nitrogen and oxygen atoms in total. The van der Waals surface area contributed by atoms with Crippen LogP contribution in [0.25, 0.3) is 10.9 Å². The number of carbonyl (C=O) groups excluding carboxylic acids is 1. The molecule has 0 radical (unpaired) electrons. The van der Waals surface area contributed by atoms with Crippen molar-refractivity contribution in [3.8, 4) is 11.5 Å². The van der Waals surface area contributed by atoms with E-state index in [0.717, 1.165) is 40.5 Å². The molecule has 7 heteroatoms. The van der Waals surface area contributed by atoms with Gasteiger partial charge in [-0.1, -0.05) is 0 Å². The second-order valence-corrected chi connectivity index (χ2v) is 8.05. The van der Waals surface area contributed by atoms with Gasteiger partial charge in [-0.25, -0.2) is 0 Å². The van der Waals surface area contributed by atoms with Gasteiger partial charge < -0.3 is 24.6 Å². The first kappa shape index (κ1) is 19.6. The van der Waals surface area contributed by atoms with Crippen molar-refractivity contribution in [1.82, 2.24) is 9.88 Å². The molecule has 2 N–H and O–H groups in total. The van der Waals surface area contributed by atoms with Gasteiger partial charge in [-0.3, -0.25) is 9.89 Å². The standard InChI is InChI=1S/C24H26N4O3/c1-30-18-11-20-23(22(12-18)31-2)21(14-29)27-24(26-20)15-5-6-19-16(9-15)10-17(25-19)13-28-7-3-4-8-28/h5-6,9-12,14,21,25H,3-4,7-8,13H2,1-2H3,(H,26,27). The van der Waals surface area contributed by atoms with E-state index in [1.165, 1.54) is 31.6 Å². The highest BCUT2D eigenvalue weighted by Crippen LogP contribution is 2.40. The number of methoxy groups -OCH3 is 2. The number of aliphatic imine (C=N–C) groups is 1. The molecule has 2 aliphatic rings. The molecule has 0 saturated carbocycles. The molecule has 0 spiro atoms. The lowest BCUT2D eigenvalue weighted by atomic mass is 10.0.